The maximum atomic E-state index is 12.5. The maximum Gasteiger partial charge on any atom is 0.343 e. The fourth-order valence-electron chi connectivity index (χ4n) is 5.61. The summed E-state index contributed by atoms with van der Waals surface area (Å²) in [4.78, 5) is 25.0. The first-order valence-corrected chi connectivity index (χ1v) is 10.3. The van der Waals surface area contributed by atoms with Crippen molar-refractivity contribution in [3.05, 3.63) is 36.0 Å². The van der Waals surface area contributed by atoms with Gasteiger partial charge < -0.3 is 19.7 Å². The van der Waals surface area contributed by atoms with Gasteiger partial charge in [-0.1, -0.05) is 45.4 Å². The summed E-state index contributed by atoms with van der Waals surface area (Å²) in [7, 11) is 0. The van der Waals surface area contributed by atoms with Crippen LogP contribution in [0.3, 0.4) is 0 Å². The highest BCUT2D eigenvalue weighted by Gasteiger charge is 2.69. The van der Waals surface area contributed by atoms with Crippen LogP contribution in [0.5, 0.6) is 0 Å². The Hall–Kier alpha value is -1.92. The van der Waals surface area contributed by atoms with Gasteiger partial charge in [0.1, 0.15) is 12.7 Å². The summed E-state index contributed by atoms with van der Waals surface area (Å²) in [6, 6.07) is 0. The van der Waals surface area contributed by atoms with Crippen molar-refractivity contribution < 1.29 is 29.3 Å². The highest BCUT2D eigenvalue weighted by molar-refractivity contribution is 5.88. The molecule has 3 aliphatic rings. The Morgan fingerprint density at radius 3 is 2.76 bits per heavy atom. The summed E-state index contributed by atoms with van der Waals surface area (Å²) in [6.45, 7) is 7.86. The molecule has 0 unspecified atom stereocenters. The molecule has 6 heteroatoms. The number of hydrogen-bond acceptors (Lipinski definition) is 6. The van der Waals surface area contributed by atoms with E-state index >= 15 is 0 Å². The molecule has 0 aromatic heterocycles. The predicted octanol–water partition coefficient (Wildman–Crippen LogP) is 2.84. The topological polar surface area (TPSA) is 93.1 Å². The molecule has 0 amide bonds. The molecule has 0 radical (unpaired) electrons. The molecule has 6 nitrogen and oxygen atoms in total. The number of aliphatic hydroxyl groups excluding tert-OH is 1. The first-order valence-electron chi connectivity index (χ1n) is 10.3. The van der Waals surface area contributed by atoms with Crippen molar-refractivity contribution >= 4 is 11.9 Å². The van der Waals surface area contributed by atoms with Crippen molar-refractivity contribution in [2.75, 3.05) is 6.61 Å². The smallest absolute Gasteiger partial charge is 0.343 e. The molecule has 5 atom stereocenters. The molecule has 3 rings (SSSR count). The van der Waals surface area contributed by atoms with Crippen LogP contribution in [0, 0.1) is 16.7 Å². The van der Waals surface area contributed by atoms with Gasteiger partial charge in [-0.15, -0.1) is 0 Å². The Labute approximate surface area is 172 Å². The Kier molecular flexibility index (Phi) is 5.80. The van der Waals surface area contributed by atoms with Crippen LogP contribution in [0.4, 0.5) is 0 Å². The number of hydrogen-bond donors (Lipinski definition) is 2. The summed E-state index contributed by atoms with van der Waals surface area (Å²) in [5, 5.41) is 20.7. The minimum atomic E-state index is -1.65. The van der Waals surface area contributed by atoms with Gasteiger partial charge in [-0.05, 0) is 37.7 Å². The van der Waals surface area contributed by atoms with Gasteiger partial charge in [0.15, 0.2) is 5.60 Å². The average Bonchev–Trinajstić information content (AvgIpc) is 2.90. The van der Waals surface area contributed by atoms with Gasteiger partial charge in [-0.25, -0.2) is 9.59 Å². The quantitative estimate of drug-likeness (QED) is 0.317. The SMILES string of the molecule is C[C@H](O)C/C=C/C=C/C(=O)O[C@@H]1C=C2COC(=O)[C@]2(O)[C@@]2(C)CCCC(C)(C)[C@@H]12. The molecule has 1 saturated carbocycles. The molecule has 2 N–H and O–H groups in total. The number of cyclic esters (lactones) is 1. The van der Waals surface area contributed by atoms with Crippen LogP contribution in [-0.4, -0.2) is 46.6 Å². The molecule has 29 heavy (non-hydrogen) atoms. The van der Waals surface area contributed by atoms with Gasteiger partial charge in [0.05, 0.1) is 6.10 Å². The molecule has 0 spiro atoms. The normalized spacial score (nSPS) is 37.0. The molecule has 0 aromatic rings. The number of fused-ring (bicyclic) bond motifs is 3. The molecule has 1 aliphatic heterocycles. The predicted molar refractivity (Wildman–Crippen MR) is 108 cm³/mol. The van der Waals surface area contributed by atoms with Crippen molar-refractivity contribution in [2.24, 2.45) is 16.7 Å². The highest BCUT2D eigenvalue weighted by Crippen LogP contribution is 2.63. The standard InChI is InChI=1S/C23H32O6/c1-15(24)9-6-5-7-10-18(25)29-17-13-16-14-28-20(26)23(16,27)22(4)12-8-11-21(2,3)19(17)22/h5-7,10,13,15,17,19,24,27H,8-9,11-12,14H2,1-4H3/b6-5+,10-7+/t15-,17+,19+,22-,23-/m0/s1. The van der Waals surface area contributed by atoms with Crippen LogP contribution >= 0.6 is 0 Å². The fourth-order valence-corrected chi connectivity index (χ4v) is 5.61. The summed E-state index contributed by atoms with van der Waals surface area (Å²) >= 11 is 0. The Morgan fingerprint density at radius 1 is 1.34 bits per heavy atom. The molecule has 0 bridgehead atoms. The van der Waals surface area contributed by atoms with Gasteiger partial charge in [-0.2, -0.15) is 0 Å². The average molecular weight is 405 g/mol. The molecule has 2 aliphatic carbocycles. The van der Waals surface area contributed by atoms with E-state index in [0.717, 1.165) is 12.8 Å². The van der Waals surface area contributed by atoms with Gasteiger partial charge in [0.25, 0.3) is 0 Å². The van der Waals surface area contributed by atoms with E-state index in [1.807, 2.05) is 6.92 Å². The highest BCUT2D eigenvalue weighted by atomic mass is 16.6. The summed E-state index contributed by atoms with van der Waals surface area (Å²) in [6.07, 6.45) is 10.1. The van der Waals surface area contributed by atoms with E-state index in [9.17, 15) is 19.8 Å². The van der Waals surface area contributed by atoms with Crippen LogP contribution in [0.1, 0.15) is 53.4 Å². The number of aliphatic hydroxyl groups is 2. The first-order chi connectivity index (χ1) is 13.5. The van der Waals surface area contributed by atoms with E-state index in [0.29, 0.717) is 18.4 Å². The zero-order valence-corrected chi connectivity index (χ0v) is 17.7. The molecule has 0 aromatic carbocycles. The van der Waals surface area contributed by atoms with Crippen molar-refractivity contribution in [1.82, 2.24) is 0 Å². The van der Waals surface area contributed by atoms with Crippen molar-refractivity contribution in [3.8, 4) is 0 Å². The lowest BCUT2D eigenvalue weighted by molar-refractivity contribution is -0.194. The summed E-state index contributed by atoms with van der Waals surface area (Å²) < 4.78 is 11.0. The Balaban J connectivity index is 1.87. The number of ether oxygens (including phenoxy) is 2. The molecule has 2 fully saturated rings. The number of esters is 2. The minimum absolute atomic E-state index is 0.0318. The van der Waals surface area contributed by atoms with Crippen molar-refractivity contribution in [2.45, 2.75) is 71.2 Å². The fraction of sp³-hybridized carbons (Fsp3) is 0.652. The molecule has 1 saturated heterocycles. The lowest BCUT2D eigenvalue weighted by Gasteiger charge is -2.59. The third-order valence-corrected chi connectivity index (χ3v) is 6.89. The molecule has 160 valence electrons. The van der Waals surface area contributed by atoms with Crippen molar-refractivity contribution in [3.63, 3.8) is 0 Å². The van der Waals surface area contributed by atoms with Crippen molar-refractivity contribution in [1.29, 1.82) is 0 Å². The van der Waals surface area contributed by atoms with E-state index in [2.05, 4.69) is 13.8 Å². The number of carbonyl (C=O) groups excluding carboxylic acids is 2. The number of allylic oxidation sites excluding steroid dienone is 2. The summed E-state index contributed by atoms with van der Waals surface area (Å²) in [5.74, 6) is -1.29. The molecular weight excluding hydrogens is 372 g/mol. The lowest BCUT2D eigenvalue weighted by Crippen LogP contribution is -2.65. The monoisotopic (exact) mass is 404 g/mol. The first kappa shape index (κ1) is 21.8. The van der Waals surface area contributed by atoms with Crippen LogP contribution in [0.25, 0.3) is 0 Å². The van der Waals surface area contributed by atoms with Crippen LogP contribution < -0.4 is 0 Å². The van der Waals surface area contributed by atoms with Gasteiger partial charge in [0.2, 0.25) is 0 Å². The van der Waals surface area contributed by atoms with Gasteiger partial charge >= 0.3 is 11.9 Å². The van der Waals surface area contributed by atoms with Gasteiger partial charge in [0, 0.05) is 23.0 Å². The molecule has 1 heterocycles. The number of rotatable bonds is 5. The van der Waals surface area contributed by atoms with E-state index in [-0.39, 0.29) is 17.9 Å². The zero-order chi connectivity index (χ0) is 21.4. The van der Waals surface area contributed by atoms with Crippen LogP contribution in [0.2, 0.25) is 0 Å². The second kappa shape index (κ2) is 7.73. The van der Waals surface area contributed by atoms with Gasteiger partial charge in [-0.3, -0.25) is 0 Å². The second-order valence-corrected chi connectivity index (χ2v) is 9.49. The van der Waals surface area contributed by atoms with E-state index in [4.69, 9.17) is 9.47 Å². The minimum Gasteiger partial charge on any atom is -0.459 e. The summed E-state index contributed by atoms with van der Waals surface area (Å²) in [5.41, 5.74) is -2.15. The Morgan fingerprint density at radius 2 is 2.07 bits per heavy atom. The maximum absolute atomic E-state index is 12.5. The van der Waals surface area contributed by atoms with Crippen LogP contribution in [-0.2, 0) is 19.1 Å². The zero-order valence-electron chi connectivity index (χ0n) is 17.7. The molecular formula is C23H32O6. The number of carbonyl (C=O) groups is 2. The third-order valence-electron chi connectivity index (χ3n) is 6.89. The van der Waals surface area contributed by atoms with Crippen LogP contribution in [0.15, 0.2) is 36.0 Å². The Bertz CT molecular complexity index is 761. The van der Waals surface area contributed by atoms with E-state index < -0.39 is 35.2 Å². The lowest BCUT2D eigenvalue weighted by atomic mass is 9.46. The van der Waals surface area contributed by atoms with E-state index in [1.165, 1.54) is 6.08 Å². The third kappa shape index (κ3) is 3.68. The second-order valence-electron chi connectivity index (χ2n) is 9.49. The largest absolute Gasteiger partial charge is 0.459 e. The van der Waals surface area contributed by atoms with E-state index in [1.54, 1.807) is 31.2 Å².